The number of carbonyl (C=O) groups excluding carboxylic acids is 1. The van der Waals surface area contributed by atoms with Crippen LogP contribution in [0.25, 0.3) is 0 Å². The van der Waals surface area contributed by atoms with Gasteiger partial charge in [0.2, 0.25) is 5.91 Å². The average molecular weight is 657 g/mol. The summed E-state index contributed by atoms with van der Waals surface area (Å²) in [6.45, 7) is 14.0. The SMILES string of the molecule is C=CC(=O)Nc1cc(Nc2cc(N3OCC[C@@H]3c3cccc(OC)c3)ncn2)c(OC)cc1N1CCC(N2CCN(CCC)CC2)CC1. The van der Waals surface area contributed by atoms with Crippen LogP contribution in [-0.4, -0.2) is 98.4 Å². The second-order valence-electron chi connectivity index (χ2n) is 12.5. The molecule has 0 aliphatic carbocycles. The number of methoxy groups -OCH3 is 2. The molecule has 12 heteroatoms. The van der Waals surface area contributed by atoms with Crippen molar-refractivity contribution in [3.63, 3.8) is 0 Å². The lowest BCUT2D eigenvalue weighted by molar-refractivity contribution is -0.111. The summed E-state index contributed by atoms with van der Waals surface area (Å²) in [7, 11) is 3.32. The zero-order valence-corrected chi connectivity index (χ0v) is 28.4. The van der Waals surface area contributed by atoms with Gasteiger partial charge in [0.05, 0.1) is 43.9 Å². The van der Waals surface area contributed by atoms with E-state index >= 15 is 0 Å². The minimum atomic E-state index is -0.272. The lowest BCUT2D eigenvalue weighted by Crippen LogP contribution is -2.53. The van der Waals surface area contributed by atoms with Crippen LogP contribution in [0.1, 0.15) is 44.2 Å². The quantitative estimate of drug-likeness (QED) is 0.250. The predicted octanol–water partition coefficient (Wildman–Crippen LogP) is 5.24. The number of benzene rings is 2. The first kappa shape index (κ1) is 33.5. The molecule has 1 aromatic heterocycles. The van der Waals surface area contributed by atoms with Crippen molar-refractivity contribution in [3.05, 3.63) is 67.0 Å². The van der Waals surface area contributed by atoms with E-state index in [2.05, 4.69) is 54.9 Å². The Morgan fingerprint density at radius 2 is 1.81 bits per heavy atom. The van der Waals surface area contributed by atoms with Crippen LogP contribution in [-0.2, 0) is 9.63 Å². The number of anilines is 5. The number of ether oxygens (including phenoxy) is 2. The van der Waals surface area contributed by atoms with Crippen molar-refractivity contribution in [2.45, 2.75) is 44.7 Å². The largest absolute Gasteiger partial charge is 0.497 e. The highest BCUT2D eigenvalue weighted by molar-refractivity contribution is 6.02. The molecule has 3 aromatic rings. The lowest BCUT2D eigenvalue weighted by atomic mass is 10.0. The zero-order chi connectivity index (χ0) is 33.5. The molecule has 0 radical (unpaired) electrons. The number of hydroxylamine groups is 1. The van der Waals surface area contributed by atoms with Gasteiger partial charge in [-0.25, -0.2) is 15.0 Å². The Morgan fingerprint density at radius 3 is 2.54 bits per heavy atom. The first-order valence-corrected chi connectivity index (χ1v) is 17.0. The predicted molar refractivity (Wildman–Crippen MR) is 189 cm³/mol. The number of carbonyl (C=O) groups is 1. The molecule has 48 heavy (non-hydrogen) atoms. The molecule has 256 valence electrons. The molecule has 2 aromatic carbocycles. The normalized spacial score (nSPS) is 19.3. The lowest BCUT2D eigenvalue weighted by Gasteiger charge is -2.43. The molecule has 4 heterocycles. The maximum Gasteiger partial charge on any atom is 0.247 e. The van der Waals surface area contributed by atoms with Gasteiger partial charge in [-0.3, -0.25) is 14.5 Å². The summed E-state index contributed by atoms with van der Waals surface area (Å²) in [5.41, 5.74) is 3.36. The van der Waals surface area contributed by atoms with Crippen molar-refractivity contribution in [3.8, 4) is 11.5 Å². The van der Waals surface area contributed by atoms with Crippen molar-refractivity contribution in [2.24, 2.45) is 0 Å². The van der Waals surface area contributed by atoms with Crippen LogP contribution in [0.4, 0.5) is 28.7 Å². The Kier molecular flexibility index (Phi) is 10.9. The maximum atomic E-state index is 12.6. The molecule has 3 fully saturated rings. The van der Waals surface area contributed by atoms with E-state index < -0.39 is 0 Å². The Hall–Kier alpha value is -4.39. The summed E-state index contributed by atoms with van der Waals surface area (Å²) >= 11 is 0. The molecule has 1 atom stereocenters. The number of piperazine rings is 1. The molecule has 3 saturated heterocycles. The molecule has 0 spiro atoms. The van der Waals surface area contributed by atoms with Gasteiger partial charge in [-0.2, -0.15) is 0 Å². The Balaban J connectivity index is 1.19. The van der Waals surface area contributed by atoms with Crippen LogP contribution in [0.15, 0.2) is 61.4 Å². The van der Waals surface area contributed by atoms with Gasteiger partial charge in [0.1, 0.15) is 23.6 Å². The number of rotatable bonds is 12. The van der Waals surface area contributed by atoms with Gasteiger partial charge >= 0.3 is 0 Å². The third kappa shape index (κ3) is 7.67. The highest BCUT2D eigenvalue weighted by atomic mass is 16.7. The van der Waals surface area contributed by atoms with Crippen molar-refractivity contribution in [1.29, 1.82) is 0 Å². The van der Waals surface area contributed by atoms with Crippen LogP contribution < -0.4 is 30.1 Å². The van der Waals surface area contributed by atoms with Gasteiger partial charge in [0.15, 0.2) is 5.82 Å². The minimum Gasteiger partial charge on any atom is -0.497 e. The molecule has 0 saturated carbocycles. The van der Waals surface area contributed by atoms with E-state index in [4.69, 9.17) is 14.3 Å². The van der Waals surface area contributed by atoms with E-state index in [0.29, 0.717) is 41.4 Å². The second-order valence-corrected chi connectivity index (χ2v) is 12.5. The molecule has 2 N–H and O–H groups in total. The molecule has 0 bridgehead atoms. The third-order valence-electron chi connectivity index (χ3n) is 9.55. The summed E-state index contributed by atoms with van der Waals surface area (Å²) < 4.78 is 11.3. The van der Waals surface area contributed by atoms with Crippen LogP contribution >= 0.6 is 0 Å². The monoisotopic (exact) mass is 656 g/mol. The zero-order valence-electron chi connectivity index (χ0n) is 28.4. The highest BCUT2D eigenvalue weighted by Crippen LogP contribution is 2.41. The van der Waals surface area contributed by atoms with Gasteiger partial charge < -0.3 is 29.9 Å². The molecular formula is C36H48N8O4. The van der Waals surface area contributed by atoms with E-state index in [1.165, 1.54) is 25.4 Å². The minimum absolute atomic E-state index is 0.0211. The number of aromatic nitrogens is 2. The summed E-state index contributed by atoms with van der Waals surface area (Å²) in [6.07, 6.45) is 6.97. The fourth-order valence-electron chi connectivity index (χ4n) is 7.04. The molecule has 1 amide bonds. The summed E-state index contributed by atoms with van der Waals surface area (Å²) in [4.78, 5) is 35.2. The average Bonchev–Trinajstić information content (AvgIpc) is 3.63. The summed E-state index contributed by atoms with van der Waals surface area (Å²) in [5, 5.41) is 8.26. The topological polar surface area (TPSA) is 108 Å². The van der Waals surface area contributed by atoms with Crippen molar-refractivity contribution >= 4 is 34.6 Å². The number of piperidine rings is 1. The first-order chi connectivity index (χ1) is 23.5. The number of nitrogens with one attached hydrogen (secondary N) is 2. The maximum absolute atomic E-state index is 12.6. The molecule has 0 unspecified atom stereocenters. The number of hydrogen-bond donors (Lipinski definition) is 2. The smallest absolute Gasteiger partial charge is 0.247 e. The van der Waals surface area contributed by atoms with Gasteiger partial charge in [-0.15, -0.1) is 0 Å². The van der Waals surface area contributed by atoms with Crippen LogP contribution in [0, 0.1) is 0 Å². The molecule has 3 aliphatic heterocycles. The van der Waals surface area contributed by atoms with E-state index in [1.54, 1.807) is 14.2 Å². The first-order valence-electron chi connectivity index (χ1n) is 17.0. The molecule has 12 nitrogen and oxygen atoms in total. The van der Waals surface area contributed by atoms with Gasteiger partial charge in [-0.05, 0) is 55.6 Å². The van der Waals surface area contributed by atoms with Crippen molar-refractivity contribution in [1.82, 2.24) is 19.8 Å². The van der Waals surface area contributed by atoms with E-state index in [-0.39, 0.29) is 11.9 Å². The highest BCUT2D eigenvalue weighted by Gasteiger charge is 2.31. The van der Waals surface area contributed by atoms with Crippen LogP contribution in [0.5, 0.6) is 11.5 Å². The van der Waals surface area contributed by atoms with E-state index in [1.807, 2.05) is 41.5 Å². The van der Waals surface area contributed by atoms with Gasteiger partial charge in [-0.1, -0.05) is 25.6 Å². The van der Waals surface area contributed by atoms with Crippen LogP contribution in [0.2, 0.25) is 0 Å². The molecule has 6 rings (SSSR count). The summed E-state index contributed by atoms with van der Waals surface area (Å²) in [5.74, 6) is 2.36. The number of amides is 1. The second kappa shape index (κ2) is 15.7. The third-order valence-corrected chi connectivity index (χ3v) is 9.55. The van der Waals surface area contributed by atoms with E-state index in [9.17, 15) is 4.79 Å². The molecular weight excluding hydrogens is 608 g/mol. The Morgan fingerprint density at radius 1 is 1.00 bits per heavy atom. The molecule has 3 aliphatic rings. The Bertz CT molecular complexity index is 1550. The fraction of sp³-hybridized carbons (Fsp3) is 0.472. The van der Waals surface area contributed by atoms with Crippen molar-refractivity contribution in [2.75, 3.05) is 87.2 Å². The fourth-order valence-corrected chi connectivity index (χ4v) is 7.04. The number of nitrogens with zero attached hydrogens (tertiary/aromatic N) is 6. The Labute approximate surface area is 283 Å². The number of hydrogen-bond acceptors (Lipinski definition) is 11. The van der Waals surface area contributed by atoms with E-state index in [0.717, 1.165) is 75.5 Å². The van der Waals surface area contributed by atoms with Gasteiger partial charge in [0, 0.05) is 63.9 Å². The van der Waals surface area contributed by atoms with Gasteiger partial charge in [0.25, 0.3) is 0 Å². The summed E-state index contributed by atoms with van der Waals surface area (Å²) in [6, 6.07) is 14.3. The standard InChI is InChI=1S/C36H48N8O4/c1-5-13-41-16-18-42(19-17-41)27-10-14-43(15-11-27)32-23-33(47-4)30(22-29(32)40-36(45)6-2)39-34-24-35(38-25-37-34)44-31(12-20-48-44)26-8-7-9-28(21-26)46-3/h6-9,21-25,27,31H,2,5,10-20H2,1,3-4H3,(H,40,45)(H,37,38,39)/t31-/m1/s1. The van der Waals surface area contributed by atoms with Crippen LogP contribution in [0.3, 0.4) is 0 Å². The van der Waals surface area contributed by atoms with Crippen molar-refractivity contribution < 1.29 is 19.1 Å².